The maximum absolute atomic E-state index is 15.1. The third-order valence-electron chi connectivity index (χ3n) is 15.2. The Morgan fingerprint density at radius 2 is 1.76 bits per heavy atom. The first-order valence-corrected chi connectivity index (χ1v) is 24.4. The molecule has 5 aromatic rings. The van der Waals surface area contributed by atoms with E-state index >= 15 is 4.39 Å². The van der Waals surface area contributed by atoms with Gasteiger partial charge in [0.2, 0.25) is 5.91 Å². The van der Waals surface area contributed by atoms with Gasteiger partial charge in [0.05, 0.1) is 28.8 Å². The number of anilines is 3. The number of carbonyl (C=O) groups is 1. The number of hydrogen-bond donors (Lipinski definition) is 1. The number of piperidine rings is 2. The van der Waals surface area contributed by atoms with Crippen molar-refractivity contribution in [3.05, 3.63) is 71.2 Å². The molecule has 5 heterocycles. The fraction of sp³-hybridized carbons (Fsp3) is 0.519. The number of terminal acetylenes is 1. The first-order valence-electron chi connectivity index (χ1n) is 24.4. The van der Waals surface area contributed by atoms with Crippen LogP contribution in [0, 0.1) is 55.2 Å². The predicted molar refractivity (Wildman–Crippen MR) is 264 cm³/mol. The zero-order valence-corrected chi connectivity index (χ0v) is 39.9. The summed E-state index contributed by atoms with van der Waals surface area (Å²) < 4.78 is 21.7. The zero-order chi connectivity index (χ0) is 46.3. The van der Waals surface area contributed by atoms with Crippen molar-refractivity contribution < 1.29 is 19.0 Å². The number of benzene rings is 3. The van der Waals surface area contributed by atoms with E-state index in [1.54, 1.807) is 18.2 Å². The van der Waals surface area contributed by atoms with Gasteiger partial charge in [-0.15, -0.1) is 6.42 Å². The van der Waals surface area contributed by atoms with Gasteiger partial charge >= 0.3 is 6.01 Å². The number of halogens is 1. The van der Waals surface area contributed by atoms with Gasteiger partial charge in [0.1, 0.15) is 17.4 Å². The molecule has 9 rings (SSSR count). The molecule has 4 aliphatic rings. The first kappa shape index (κ1) is 45.6. The summed E-state index contributed by atoms with van der Waals surface area (Å²) in [5.74, 6) is 4.33. The molecule has 1 aliphatic carbocycles. The highest BCUT2D eigenvalue weighted by atomic mass is 19.1. The molecule has 12 heteroatoms. The van der Waals surface area contributed by atoms with Crippen LogP contribution in [-0.2, 0) is 4.79 Å². The molecule has 4 fully saturated rings. The Balaban J connectivity index is 0.842. The van der Waals surface area contributed by atoms with Crippen LogP contribution in [0.15, 0.2) is 48.7 Å². The third kappa shape index (κ3) is 9.39. The number of pyridine rings is 1. The van der Waals surface area contributed by atoms with Crippen LogP contribution >= 0.6 is 0 Å². The molecule has 1 N–H and O–H groups in total. The number of fused-ring (bicyclic) bond motifs is 2. The number of hydrogen-bond acceptors (Lipinski definition) is 10. The van der Waals surface area contributed by atoms with Gasteiger partial charge in [-0.2, -0.15) is 9.97 Å². The number of piperazine rings is 1. The molecule has 3 aromatic carbocycles. The van der Waals surface area contributed by atoms with Gasteiger partial charge in [0.25, 0.3) is 0 Å². The Kier molecular flexibility index (Phi) is 13.1. The summed E-state index contributed by atoms with van der Waals surface area (Å²) in [7, 11) is 1.91. The molecule has 2 aromatic heterocycles. The topological polar surface area (TPSA) is 101 Å². The Labute approximate surface area is 390 Å². The van der Waals surface area contributed by atoms with Crippen molar-refractivity contribution in [2.24, 2.45) is 23.2 Å². The lowest BCUT2D eigenvalue weighted by Gasteiger charge is -2.40. The summed E-state index contributed by atoms with van der Waals surface area (Å²) in [4.78, 5) is 40.1. The number of phenols is 1. The fourth-order valence-corrected chi connectivity index (χ4v) is 10.8. The first-order chi connectivity index (χ1) is 31.8. The summed E-state index contributed by atoms with van der Waals surface area (Å²) in [6, 6.07) is 13.1. The molecule has 1 amide bonds. The summed E-state index contributed by atoms with van der Waals surface area (Å²) in [5.41, 5.74) is 6.22. The van der Waals surface area contributed by atoms with E-state index in [1.165, 1.54) is 31.0 Å². The van der Waals surface area contributed by atoms with Gasteiger partial charge in [0.15, 0.2) is 0 Å². The second-order valence-electron chi connectivity index (χ2n) is 20.1. The number of rotatable bonds is 13. The maximum Gasteiger partial charge on any atom is 0.318 e. The standard InChI is InChI=1S/C54H67FN8O3/c1-8-36(4)52(65)59(7)47-28-41(14-12-37(47)5)62-21-16-39(17-22-62)32-60-23-25-61(26-24-60)33-54(18-19-54)34-66-53-57-50-38(6)49(56-30-45(50)51(58-53)63-20-10-11-35(3)31-63)44-29-42(64)27-40-13-15-46(55)43(9-2)48(40)44/h2,12-15,27-30,35-36,39,64H,8,10-11,16-26,31-34H2,1,3-7H3. The zero-order valence-electron chi connectivity index (χ0n) is 39.9. The van der Waals surface area contributed by atoms with Gasteiger partial charge in [-0.3, -0.25) is 9.78 Å². The average Bonchev–Trinajstić information content (AvgIpc) is 4.10. The summed E-state index contributed by atoms with van der Waals surface area (Å²) >= 11 is 0. The van der Waals surface area contributed by atoms with Crippen LogP contribution in [0.2, 0.25) is 0 Å². The van der Waals surface area contributed by atoms with Gasteiger partial charge in [-0.25, -0.2) is 4.39 Å². The monoisotopic (exact) mass is 895 g/mol. The van der Waals surface area contributed by atoms with Crippen LogP contribution in [0.5, 0.6) is 11.8 Å². The van der Waals surface area contributed by atoms with Crippen molar-refractivity contribution in [3.63, 3.8) is 0 Å². The van der Waals surface area contributed by atoms with E-state index in [0.29, 0.717) is 46.5 Å². The van der Waals surface area contributed by atoms with E-state index in [2.05, 4.69) is 64.5 Å². The molecule has 0 bridgehead atoms. The van der Waals surface area contributed by atoms with E-state index < -0.39 is 5.82 Å². The maximum atomic E-state index is 15.1. The minimum Gasteiger partial charge on any atom is -0.508 e. The van der Waals surface area contributed by atoms with E-state index in [0.717, 1.165) is 125 Å². The number of carbonyl (C=O) groups excluding carboxylic acids is 1. The number of ether oxygens (including phenoxy) is 1. The van der Waals surface area contributed by atoms with Gasteiger partial charge in [-0.05, 0) is 112 Å². The smallest absolute Gasteiger partial charge is 0.318 e. The third-order valence-corrected chi connectivity index (χ3v) is 15.2. The van der Waals surface area contributed by atoms with Crippen molar-refractivity contribution in [3.8, 4) is 35.4 Å². The van der Waals surface area contributed by atoms with Crippen LogP contribution in [0.4, 0.5) is 21.6 Å². The van der Waals surface area contributed by atoms with Gasteiger partial charge in [0, 0.05) is 118 Å². The number of aryl methyl sites for hydroxylation is 2. The summed E-state index contributed by atoms with van der Waals surface area (Å²) in [6.45, 7) is 21.3. The summed E-state index contributed by atoms with van der Waals surface area (Å²) in [5, 5.41) is 12.8. The quantitative estimate of drug-likeness (QED) is 0.115. The summed E-state index contributed by atoms with van der Waals surface area (Å²) in [6.07, 6.45) is 15.4. The Bertz CT molecular complexity index is 2640. The van der Waals surface area contributed by atoms with Gasteiger partial charge < -0.3 is 34.3 Å². The lowest BCUT2D eigenvalue weighted by atomic mass is 9.94. The molecule has 3 saturated heterocycles. The van der Waals surface area contributed by atoms with Crippen molar-refractivity contribution in [2.45, 2.75) is 79.6 Å². The number of nitrogens with zero attached hydrogens (tertiary/aromatic N) is 8. The number of aromatic nitrogens is 3. The van der Waals surface area contributed by atoms with E-state index in [4.69, 9.17) is 26.1 Å². The molecule has 1 saturated carbocycles. The fourth-order valence-electron chi connectivity index (χ4n) is 10.8. The van der Waals surface area contributed by atoms with Crippen LogP contribution < -0.4 is 19.4 Å². The molecule has 0 spiro atoms. The van der Waals surface area contributed by atoms with Gasteiger partial charge in [-0.1, -0.05) is 38.8 Å². The number of phenolic OH excluding ortho intramolecular Hbond substituents is 1. The minimum absolute atomic E-state index is 0.0132. The highest BCUT2D eigenvalue weighted by Gasteiger charge is 2.45. The SMILES string of the molecule is C#Cc1c(F)ccc2cc(O)cc(-c3ncc4c(N5CCCC(C)C5)nc(OCC5(CN6CCN(CC7CCN(c8ccc(C)c(N(C)C(=O)C(C)CC)c8)CC7)CC6)CC5)nc4c3C)c12. The normalized spacial score (nSPS) is 19.8. The van der Waals surface area contributed by atoms with E-state index in [9.17, 15) is 9.90 Å². The molecule has 348 valence electrons. The van der Waals surface area contributed by atoms with E-state index in [1.807, 2.05) is 32.0 Å². The Morgan fingerprint density at radius 1 is 1.00 bits per heavy atom. The lowest BCUT2D eigenvalue weighted by Crippen LogP contribution is -2.50. The largest absolute Gasteiger partial charge is 0.508 e. The lowest BCUT2D eigenvalue weighted by molar-refractivity contribution is -0.121. The Morgan fingerprint density at radius 3 is 2.47 bits per heavy atom. The van der Waals surface area contributed by atoms with Crippen LogP contribution in [0.3, 0.4) is 0 Å². The second-order valence-corrected chi connectivity index (χ2v) is 20.1. The highest BCUT2D eigenvalue weighted by molar-refractivity contribution is 6.04. The molecule has 0 radical (unpaired) electrons. The Hall–Kier alpha value is -5.51. The van der Waals surface area contributed by atoms with Crippen molar-refractivity contribution in [2.75, 3.05) is 93.8 Å². The number of aromatic hydroxyl groups is 1. The highest BCUT2D eigenvalue weighted by Crippen LogP contribution is 2.47. The molecule has 11 nitrogen and oxygen atoms in total. The molecular formula is C54H67FN8O3. The molecule has 2 unspecified atom stereocenters. The predicted octanol–water partition coefficient (Wildman–Crippen LogP) is 9.23. The van der Waals surface area contributed by atoms with Crippen molar-refractivity contribution in [1.82, 2.24) is 24.8 Å². The van der Waals surface area contributed by atoms with Crippen molar-refractivity contribution >= 4 is 44.8 Å². The number of amides is 1. The van der Waals surface area contributed by atoms with E-state index in [-0.39, 0.29) is 28.6 Å². The van der Waals surface area contributed by atoms with Crippen LogP contribution in [-0.4, -0.2) is 115 Å². The average molecular weight is 895 g/mol. The molecule has 2 atom stereocenters. The van der Waals surface area contributed by atoms with Crippen LogP contribution in [0.1, 0.15) is 82.4 Å². The minimum atomic E-state index is -0.492. The molecular weight excluding hydrogens is 828 g/mol. The molecule has 66 heavy (non-hydrogen) atoms. The van der Waals surface area contributed by atoms with Crippen molar-refractivity contribution in [1.29, 1.82) is 0 Å². The molecule has 3 aliphatic heterocycles. The van der Waals surface area contributed by atoms with Crippen LogP contribution in [0.25, 0.3) is 32.9 Å². The second kappa shape index (κ2) is 19.0.